The highest BCUT2D eigenvalue weighted by molar-refractivity contribution is 7.80. The lowest BCUT2D eigenvalue weighted by Gasteiger charge is -2.19. The summed E-state index contributed by atoms with van der Waals surface area (Å²) in [5.74, 6) is 0. The van der Waals surface area contributed by atoms with E-state index in [2.05, 4.69) is 0 Å². The molecule has 0 aliphatic rings. The van der Waals surface area contributed by atoms with Crippen molar-refractivity contribution in [2.24, 2.45) is 11.5 Å². The molecule has 0 amide bonds. The van der Waals surface area contributed by atoms with Crippen LogP contribution < -0.4 is 16.4 Å². The number of rotatable bonds is 2. The Kier molecular flexibility index (Phi) is 3.01. The minimum atomic E-state index is 0.295. The summed E-state index contributed by atoms with van der Waals surface area (Å²) in [5, 5.41) is 0.295. The fourth-order valence-corrected chi connectivity index (χ4v) is 1.11. The molecule has 0 saturated heterocycles. The molecule has 0 heterocycles. The lowest BCUT2D eigenvalue weighted by Crippen LogP contribution is -2.39. The van der Waals surface area contributed by atoms with Gasteiger partial charge in [0.15, 0.2) is 5.11 Å². The van der Waals surface area contributed by atoms with E-state index in [-0.39, 0.29) is 0 Å². The summed E-state index contributed by atoms with van der Waals surface area (Å²) >= 11 is 4.82. The second-order valence-corrected chi connectivity index (χ2v) is 2.70. The van der Waals surface area contributed by atoms with Gasteiger partial charge in [0, 0.05) is 5.69 Å². The van der Waals surface area contributed by atoms with Crippen LogP contribution in [0, 0.1) is 0 Å². The number of hydrogen-bond donors (Lipinski definition) is 2. The molecule has 0 aliphatic heterocycles. The number of nitrogens with zero attached hydrogens (tertiary/aromatic N) is 1. The summed E-state index contributed by atoms with van der Waals surface area (Å²) in [6.45, 7) is 0.305. The van der Waals surface area contributed by atoms with Crippen LogP contribution in [0.25, 0.3) is 0 Å². The molecule has 12 heavy (non-hydrogen) atoms. The molecule has 3 nitrogen and oxygen atoms in total. The molecule has 0 atom stereocenters. The SMILES string of the molecule is NCN(C(N)=S)c1ccccc1. The molecule has 1 aromatic rings. The van der Waals surface area contributed by atoms with E-state index in [1.54, 1.807) is 4.90 Å². The molecular weight excluding hydrogens is 170 g/mol. The third-order valence-electron chi connectivity index (χ3n) is 1.52. The van der Waals surface area contributed by atoms with Crippen molar-refractivity contribution in [2.45, 2.75) is 0 Å². The van der Waals surface area contributed by atoms with E-state index in [4.69, 9.17) is 23.7 Å². The van der Waals surface area contributed by atoms with Crippen molar-refractivity contribution in [2.75, 3.05) is 11.6 Å². The standard InChI is InChI=1S/C8H11N3S/c9-6-11(8(10)12)7-4-2-1-3-5-7/h1-5H,6,9H2,(H2,10,12). The van der Waals surface area contributed by atoms with Gasteiger partial charge in [-0.1, -0.05) is 18.2 Å². The van der Waals surface area contributed by atoms with Gasteiger partial charge in [-0.2, -0.15) is 0 Å². The van der Waals surface area contributed by atoms with Gasteiger partial charge in [-0.05, 0) is 24.4 Å². The van der Waals surface area contributed by atoms with Gasteiger partial charge in [0.25, 0.3) is 0 Å². The van der Waals surface area contributed by atoms with Crippen molar-refractivity contribution in [1.82, 2.24) is 0 Å². The Morgan fingerprint density at radius 1 is 1.33 bits per heavy atom. The van der Waals surface area contributed by atoms with Crippen LogP contribution in [-0.2, 0) is 0 Å². The third-order valence-corrected chi connectivity index (χ3v) is 1.74. The van der Waals surface area contributed by atoms with Crippen molar-refractivity contribution >= 4 is 23.0 Å². The number of anilines is 1. The number of hydrogen-bond acceptors (Lipinski definition) is 2. The summed E-state index contributed by atoms with van der Waals surface area (Å²) in [7, 11) is 0. The maximum Gasteiger partial charge on any atom is 0.171 e. The topological polar surface area (TPSA) is 55.3 Å². The van der Waals surface area contributed by atoms with Crippen LogP contribution in [0.4, 0.5) is 5.69 Å². The number of para-hydroxylation sites is 1. The summed E-state index contributed by atoms with van der Waals surface area (Å²) in [5.41, 5.74) is 11.8. The summed E-state index contributed by atoms with van der Waals surface area (Å²) in [6, 6.07) is 9.57. The van der Waals surface area contributed by atoms with Gasteiger partial charge in [0.05, 0.1) is 6.67 Å². The summed E-state index contributed by atoms with van der Waals surface area (Å²) in [6.07, 6.45) is 0. The lowest BCUT2D eigenvalue weighted by atomic mass is 10.3. The zero-order valence-electron chi connectivity index (χ0n) is 6.60. The Morgan fingerprint density at radius 2 is 1.92 bits per heavy atom. The van der Waals surface area contributed by atoms with Crippen molar-refractivity contribution in [1.29, 1.82) is 0 Å². The summed E-state index contributed by atoms with van der Waals surface area (Å²) in [4.78, 5) is 1.66. The molecular formula is C8H11N3S. The monoisotopic (exact) mass is 181 g/mol. The predicted octanol–water partition coefficient (Wildman–Crippen LogP) is 0.653. The Labute approximate surface area is 77.0 Å². The first-order chi connectivity index (χ1) is 5.75. The van der Waals surface area contributed by atoms with Crippen LogP contribution in [0.15, 0.2) is 30.3 Å². The molecule has 1 rings (SSSR count). The fourth-order valence-electron chi connectivity index (χ4n) is 0.931. The first-order valence-electron chi connectivity index (χ1n) is 3.58. The minimum Gasteiger partial charge on any atom is -0.376 e. The van der Waals surface area contributed by atoms with Gasteiger partial charge in [-0.25, -0.2) is 0 Å². The fraction of sp³-hybridized carbons (Fsp3) is 0.125. The quantitative estimate of drug-likeness (QED) is 0.519. The molecule has 0 saturated carbocycles. The molecule has 1 aromatic carbocycles. The molecule has 0 fully saturated rings. The first kappa shape index (κ1) is 8.96. The van der Waals surface area contributed by atoms with E-state index >= 15 is 0 Å². The zero-order valence-corrected chi connectivity index (χ0v) is 7.42. The third kappa shape index (κ3) is 1.93. The maximum absolute atomic E-state index is 5.46. The first-order valence-corrected chi connectivity index (χ1v) is 3.98. The van der Waals surface area contributed by atoms with E-state index in [9.17, 15) is 0 Å². The van der Waals surface area contributed by atoms with Gasteiger partial charge < -0.3 is 16.4 Å². The molecule has 4 N–H and O–H groups in total. The molecule has 0 radical (unpaired) electrons. The lowest BCUT2D eigenvalue weighted by molar-refractivity contribution is 1.01. The van der Waals surface area contributed by atoms with Gasteiger partial charge >= 0.3 is 0 Å². The van der Waals surface area contributed by atoms with E-state index in [1.807, 2.05) is 30.3 Å². The summed E-state index contributed by atoms with van der Waals surface area (Å²) < 4.78 is 0. The number of thiocarbonyl (C=S) groups is 1. The second kappa shape index (κ2) is 4.04. The van der Waals surface area contributed by atoms with Crippen molar-refractivity contribution in [3.8, 4) is 0 Å². The average Bonchev–Trinajstić information content (AvgIpc) is 2.07. The number of nitrogens with two attached hydrogens (primary N) is 2. The highest BCUT2D eigenvalue weighted by Gasteiger charge is 2.04. The molecule has 0 unspecified atom stereocenters. The highest BCUT2D eigenvalue weighted by Crippen LogP contribution is 2.10. The highest BCUT2D eigenvalue weighted by atomic mass is 32.1. The van der Waals surface area contributed by atoms with Gasteiger partial charge in [0.2, 0.25) is 0 Å². The Morgan fingerprint density at radius 3 is 2.33 bits per heavy atom. The van der Waals surface area contributed by atoms with Crippen LogP contribution in [0.2, 0.25) is 0 Å². The molecule has 0 aromatic heterocycles. The van der Waals surface area contributed by atoms with Crippen LogP contribution in [0.5, 0.6) is 0 Å². The molecule has 0 spiro atoms. The molecule has 4 heteroatoms. The van der Waals surface area contributed by atoms with Crippen LogP contribution in [-0.4, -0.2) is 11.8 Å². The maximum atomic E-state index is 5.46. The van der Waals surface area contributed by atoms with Gasteiger partial charge in [-0.15, -0.1) is 0 Å². The smallest absolute Gasteiger partial charge is 0.171 e. The van der Waals surface area contributed by atoms with Gasteiger partial charge in [-0.3, -0.25) is 0 Å². The van der Waals surface area contributed by atoms with Crippen LogP contribution >= 0.6 is 12.2 Å². The van der Waals surface area contributed by atoms with Gasteiger partial charge in [0.1, 0.15) is 0 Å². The average molecular weight is 181 g/mol. The Balaban J connectivity index is 2.88. The largest absolute Gasteiger partial charge is 0.376 e. The number of benzene rings is 1. The molecule has 64 valence electrons. The molecule has 0 bridgehead atoms. The van der Waals surface area contributed by atoms with E-state index < -0.39 is 0 Å². The van der Waals surface area contributed by atoms with E-state index in [0.717, 1.165) is 5.69 Å². The van der Waals surface area contributed by atoms with E-state index in [1.165, 1.54) is 0 Å². The minimum absolute atomic E-state index is 0.295. The Hall–Kier alpha value is -1.13. The van der Waals surface area contributed by atoms with Crippen molar-refractivity contribution < 1.29 is 0 Å². The van der Waals surface area contributed by atoms with Crippen LogP contribution in [0.1, 0.15) is 0 Å². The predicted molar refractivity (Wildman–Crippen MR) is 54.8 cm³/mol. The zero-order chi connectivity index (χ0) is 8.97. The van der Waals surface area contributed by atoms with Crippen LogP contribution in [0.3, 0.4) is 0 Å². The normalized spacial score (nSPS) is 9.42. The Bertz CT molecular complexity index is 260. The second-order valence-electron chi connectivity index (χ2n) is 2.28. The van der Waals surface area contributed by atoms with Crippen molar-refractivity contribution in [3.05, 3.63) is 30.3 Å². The molecule has 0 aliphatic carbocycles. The van der Waals surface area contributed by atoms with Crippen molar-refractivity contribution in [3.63, 3.8) is 0 Å². The van der Waals surface area contributed by atoms with E-state index in [0.29, 0.717) is 11.8 Å².